The third-order valence-electron chi connectivity index (χ3n) is 10.7. The highest BCUT2D eigenvalue weighted by molar-refractivity contribution is 5.95. The third-order valence-corrected chi connectivity index (χ3v) is 10.7. The number of fused-ring (bicyclic) bond motifs is 2. The Balaban J connectivity index is 0.887. The van der Waals surface area contributed by atoms with E-state index in [-0.39, 0.29) is 29.9 Å². The van der Waals surface area contributed by atoms with Gasteiger partial charge in [-0.25, -0.2) is 9.97 Å². The van der Waals surface area contributed by atoms with Crippen LogP contribution in [0.15, 0.2) is 110 Å². The van der Waals surface area contributed by atoms with E-state index >= 15 is 0 Å². The number of imidazole rings is 2. The van der Waals surface area contributed by atoms with Gasteiger partial charge in [-0.15, -0.1) is 0 Å². The molecule has 0 radical (unpaired) electrons. The predicted molar refractivity (Wildman–Crippen MR) is 189 cm³/mol. The van der Waals surface area contributed by atoms with Crippen LogP contribution in [0, 0.1) is 5.92 Å². The Labute approximate surface area is 289 Å². The number of carbonyl (C=O) groups excluding carboxylic acids is 2. The van der Waals surface area contributed by atoms with E-state index in [1.54, 1.807) is 30.9 Å². The van der Waals surface area contributed by atoms with Gasteiger partial charge in [0.2, 0.25) is 0 Å². The minimum atomic E-state index is -0.0817. The molecular weight excluding hydrogens is 624 g/mol. The van der Waals surface area contributed by atoms with Crippen LogP contribution < -0.4 is 0 Å². The molecule has 248 valence electrons. The fraction of sp³-hybridized carbons (Fsp3) is 0.250. The lowest BCUT2D eigenvalue weighted by molar-refractivity contribution is 0.0578. The quantitative estimate of drug-likeness (QED) is 0.186. The summed E-state index contributed by atoms with van der Waals surface area (Å²) in [6, 6.07) is 24.3. The molecule has 9 rings (SSSR count). The van der Waals surface area contributed by atoms with Gasteiger partial charge in [-0.1, -0.05) is 48.5 Å². The van der Waals surface area contributed by atoms with E-state index in [4.69, 9.17) is 4.98 Å². The Morgan fingerprint density at radius 1 is 0.640 bits per heavy atom. The lowest BCUT2D eigenvalue weighted by Gasteiger charge is -2.34. The number of hydrogen-bond donors (Lipinski definition) is 2. The van der Waals surface area contributed by atoms with Gasteiger partial charge >= 0.3 is 0 Å². The standard InChI is InChI=1S/C40H36N8O2/c49-39(30-4-1-17-41-21-30)47-19-3-6-35(47)37-43-23-33(45-37)27-11-7-25(8-12-27)26-9-13-28(14-10-26)34-24-44-38(46-34)36-29-15-16-32(20-29)48(36)40(50)31-5-2-18-42-22-31/h1-2,4-5,7-14,17-18,21-24,29,32,35-36H,3,6,15-16,19-20H2,(H,43,45)(H,44,46)/t29-,32-,35-,36+/m0/s1. The highest BCUT2D eigenvalue weighted by Gasteiger charge is 2.50. The molecule has 10 heteroatoms. The summed E-state index contributed by atoms with van der Waals surface area (Å²) in [6.45, 7) is 0.706. The van der Waals surface area contributed by atoms with Gasteiger partial charge in [0.05, 0.1) is 47.0 Å². The molecule has 1 saturated carbocycles. The number of carbonyl (C=O) groups is 2. The van der Waals surface area contributed by atoms with Crippen molar-refractivity contribution in [2.75, 3.05) is 6.54 Å². The summed E-state index contributed by atoms with van der Waals surface area (Å²) >= 11 is 0. The molecule has 2 aliphatic heterocycles. The number of piperidine rings is 1. The highest BCUT2D eigenvalue weighted by atomic mass is 16.2. The molecule has 6 heterocycles. The van der Waals surface area contributed by atoms with E-state index in [1.807, 2.05) is 40.4 Å². The smallest absolute Gasteiger partial charge is 0.256 e. The van der Waals surface area contributed by atoms with Crippen molar-refractivity contribution in [3.8, 4) is 33.6 Å². The van der Waals surface area contributed by atoms with Crippen LogP contribution in [0.25, 0.3) is 33.6 Å². The maximum absolute atomic E-state index is 13.5. The maximum atomic E-state index is 13.5. The summed E-state index contributed by atoms with van der Waals surface area (Å²) < 4.78 is 0. The average molecular weight is 661 g/mol. The number of amides is 2. The summed E-state index contributed by atoms with van der Waals surface area (Å²) in [7, 11) is 0. The van der Waals surface area contributed by atoms with E-state index in [0.717, 1.165) is 77.4 Å². The van der Waals surface area contributed by atoms with E-state index in [2.05, 4.69) is 73.5 Å². The molecular formula is C40H36N8O2. The number of aromatic nitrogens is 6. The second-order valence-electron chi connectivity index (χ2n) is 13.5. The molecule has 3 aliphatic rings. The lowest BCUT2D eigenvalue weighted by Crippen LogP contribution is -2.40. The number of hydrogen-bond acceptors (Lipinski definition) is 6. The van der Waals surface area contributed by atoms with Crippen LogP contribution in [0.1, 0.15) is 76.6 Å². The lowest BCUT2D eigenvalue weighted by atomic mass is 9.97. The zero-order valence-corrected chi connectivity index (χ0v) is 27.4. The van der Waals surface area contributed by atoms with Gasteiger partial charge in [0.15, 0.2) is 0 Å². The SMILES string of the molecule is O=C(c1cccnc1)N1CCC[C@H]1c1ncc(-c2ccc(-c3ccc(-c4cnc([C@H]5[C@H]6CC[C@@H](C6)N5C(=O)c5cccnc5)[nH]4)cc3)cc2)[nH]1. The Morgan fingerprint density at radius 2 is 1.22 bits per heavy atom. The molecule has 2 aromatic carbocycles. The predicted octanol–water partition coefficient (Wildman–Crippen LogP) is 7.27. The average Bonchev–Trinajstić information content (AvgIpc) is 4.03. The van der Waals surface area contributed by atoms with Gasteiger partial charge in [-0.05, 0) is 84.5 Å². The number of pyridine rings is 2. The van der Waals surface area contributed by atoms with Crippen LogP contribution in [0.2, 0.25) is 0 Å². The first kappa shape index (κ1) is 30.2. The summed E-state index contributed by atoms with van der Waals surface area (Å²) in [4.78, 5) is 55.5. The molecule has 50 heavy (non-hydrogen) atoms. The van der Waals surface area contributed by atoms with Crippen LogP contribution in [-0.4, -0.2) is 64.1 Å². The Hall–Kier alpha value is -5.90. The number of nitrogens with one attached hydrogen (secondary N) is 2. The number of likely N-dealkylation sites (tertiary alicyclic amines) is 2. The van der Waals surface area contributed by atoms with Gasteiger partial charge in [0.1, 0.15) is 11.6 Å². The first-order chi connectivity index (χ1) is 24.6. The van der Waals surface area contributed by atoms with Gasteiger partial charge in [0.25, 0.3) is 11.8 Å². The molecule has 10 nitrogen and oxygen atoms in total. The van der Waals surface area contributed by atoms with Gasteiger partial charge < -0.3 is 19.8 Å². The monoisotopic (exact) mass is 660 g/mol. The fourth-order valence-corrected chi connectivity index (χ4v) is 8.19. The summed E-state index contributed by atoms with van der Waals surface area (Å²) in [5, 5.41) is 0. The third kappa shape index (κ3) is 5.37. The second-order valence-corrected chi connectivity index (χ2v) is 13.5. The first-order valence-electron chi connectivity index (χ1n) is 17.4. The molecule has 3 fully saturated rings. The molecule has 2 N–H and O–H groups in total. The van der Waals surface area contributed by atoms with Crippen molar-refractivity contribution in [2.24, 2.45) is 5.92 Å². The molecule has 1 aliphatic carbocycles. The van der Waals surface area contributed by atoms with Crippen molar-refractivity contribution in [1.82, 2.24) is 39.7 Å². The van der Waals surface area contributed by atoms with Gasteiger partial charge in [-0.3, -0.25) is 19.6 Å². The highest BCUT2D eigenvalue weighted by Crippen LogP contribution is 2.50. The van der Waals surface area contributed by atoms with Crippen LogP contribution >= 0.6 is 0 Å². The Morgan fingerprint density at radius 3 is 1.84 bits per heavy atom. The van der Waals surface area contributed by atoms with E-state index in [9.17, 15) is 9.59 Å². The number of nitrogens with zero attached hydrogens (tertiary/aromatic N) is 6. The first-order valence-corrected chi connectivity index (χ1v) is 17.4. The molecule has 6 aromatic rings. The molecule has 4 aromatic heterocycles. The minimum absolute atomic E-state index is 0.0116. The van der Waals surface area contributed by atoms with Crippen LogP contribution in [0.4, 0.5) is 0 Å². The van der Waals surface area contributed by atoms with Crippen LogP contribution in [-0.2, 0) is 0 Å². The van der Waals surface area contributed by atoms with Gasteiger partial charge in [-0.2, -0.15) is 0 Å². The van der Waals surface area contributed by atoms with Gasteiger partial charge in [0, 0.05) is 37.4 Å². The Kier molecular flexibility index (Phi) is 7.56. The van der Waals surface area contributed by atoms with Crippen molar-refractivity contribution < 1.29 is 9.59 Å². The van der Waals surface area contributed by atoms with E-state index in [1.165, 1.54) is 0 Å². The minimum Gasteiger partial charge on any atom is -0.340 e. The largest absolute Gasteiger partial charge is 0.340 e. The zero-order chi connectivity index (χ0) is 33.6. The second kappa shape index (κ2) is 12.5. The zero-order valence-electron chi connectivity index (χ0n) is 27.4. The normalized spacial score (nSPS) is 21.2. The van der Waals surface area contributed by atoms with Crippen molar-refractivity contribution in [3.63, 3.8) is 0 Å². The van der Waals surface area contributed by atoms with Crippen molar-refractivity contribution in [1.29, 1.82) is 0 Å². The molecule has 0 spiro atoms. The van der Waals surface area contributed by atoms with Crippen molar-refractivity contribution in [3.05, 3.63) is 133 Å². The Bertz CT molecular complexity index is 2140. The van der Waals surface area contributed by atoms with Crippen molar-refractivity contribution in [2.45, 2.75) is 50.2 Å². The van der Waals surface area contributed by atoms with Crippen molar-refractivity contribution >= 4 is 11.8 Å². The summed E-state index contributed by atoms with van der Waals surface area (Å²) in [5.74, 6) is 2.10. The molecule has 2 amide bonds. The molecule has 0 unspecified atom stereocenters. The van der Waals surface area contributed by atoms with Crippen LogP contribution in [0.5, 0.6) is 0 Å². The summed E-state index contributed by atoms with van der Waals surface area (Å²) in [5.41, 5.74) is 7.40. The fourth-order valence-electron chi connectivity index (χ4n) is 8.19. The number of rotatable bonds is 7. The molecule has 2 bridgehead atoms. The number of benzene rings is 2. The number of H-pyrrole nitrogens is 2. The topological polar surface area (TPSA) is 124 Å². The maximum Gasteiger partial charge on any atom is 0.256 e. The number of aromatic amines is 2. The van der Waals surface area contributed by atoms with E-state index in [0.29, 0.717) is 23.6 Å². The molecule has 2 saturated heterocycles. The van der Waals surface area contributed by atoms with E-state index < -0.39 is 0 Å². The summed E-state index contributed by atoms with van der Waals surface area (Å²) in [6.07, 6.45) is 15.4. The van der Waals surface area contributed by atoms with Crippen LogP contribution in [0.3, 0.4) is 0 Å². The molecule has 4 atom stereocenters.